The molecule has 1 aromatic rings. The summed E-state index contributed by atoms with van der Waals surface area (Å²) in [5.41, 5.74) is 0.893. The average Bonchev–Trinajstić information content (AvgIpc) is 2.98. The topological polar surface area (TPSA) is 99.8 Å². The first kappa shape index (κ1) is 19.0. The van der Waals surface area contributed by atoms with E-state index >= 15 is 0 Å². The van der Waals surface area contributed by atoms with E-state index in [4.69, 9.17) is 16.3 Å². The SMILES string of the molecule is COCC(=O)Nc1ccc(Cl)c(NC(=O)N2CCC(NC(C)=O)C2)c1. The van der Waals surface area contributed by atoms with Crippen LogP contribution in [0, 0.1) is 0 Å². The van der Waals surface area contributed by atoms with Crippen molar-refractivity contribution in [3.05, 3.63) is 23.2 Å². The molecule has 0 aromatic heterocycles. The number of amides is 4. The van der Waals surface area contributed by atoms with Gasteiger partial charge in [-0.25, -0.2) is 4.79 Å². The second-order valence-electron chi connectivity index (χ2n) is 5.74. The molecule has 1 aromatic carbocycles. The van der Waals surface area contributed by atoms with Crippen LogP contribution in [-0.2, 0) is 14.3 Å². The Hall–Kier alpha value is -2.32. The highest BCUT2D eigenvalue weighted by atomic mass is 35.5. The van der Waals surface area contributed by atoms with E-state index in [1.54, 1.807) is 23.1 Å². The first-order valence-corrected chi connectivity index (χ1v) is 8.18. The molecule has 0 spiro atoms. The van der Waals surface area contributed by atoms with Gasteiger partial charge in [-0.15, -0.1) is 0 Å². The molecule has 0 bridgehead atoms. The van der Waals surface area contributed by atoms with E-state index in [0.717, 1.165) is 0 Å². The molecule has 9 heteroatoms. The third kappa shape index (κ3) is 5.61. The lowest BCUT2D eigenvalue weighted by Gasteiger charge is -2.18. The fraction of sp³-hybridized carbons (Fsp3) is 0.438. The van der Waals surface area contributed by atoms with Crippen molar-refractivity contribution in [2.24, 2.45) is 0 Å². The molecule has 1 aliphatic rings. The minimum absolute atomic E-state index is 0.0432. The molecule has 0 radical (unpaired) electrons. The summed E-state index contributed by atoms with van der Waals surface area (Å²) in [5, 5.41) is 8.53. The molecule has 1 unspecified atom stereocenters. The number of nitrogens with one attached hydrogen (secondary N) is 3. The van der Waals surface area contributed by atoms with Gasteiger partial charge in [0, 0.05) is 38.9 Å². The lowest BCUT2D eigenvalue weighted by Crippen LogP contribution is -2.38. The standard InChI is InChI=1S/C16H21ClN4O4/c1-10(22)18-12-5-6-21(8-12)16(24)20-14-7-11(3-4-13(14)17)19-15(23)9-25-2/h3-4,7,12H,5-6,8-9H2,1-2H3,(H,18,22)(H,19,23)(H,20,24). The van der Waals surface area contributed by atoms with E-state index < -0.39 is 0 Å². The zero-order valence-electron chi connectivity index (χ0n) is 14.1. The number of hydrogen-bond acceptors (Lipinski definition) is 4. The van der Waals surface area contributed by atoms with Crippen LogP contribution in [-0.4, -0.2) is 55.6 Å². The fourth-order valence-corrected chi connectivity index (χ4v) is 2.74. The highest BCUT2D eigenvalue weighted by Gasteiger charge is 2.27. The van der Waals surface area contributed by atoms with Gasteiger partial charge < -0.3 is 25.6 Å². The Labute approximate surface area is 150 Å². The quantitative estimate of drug-likeness (QED) is 0.736. The van der Waals surface area contributed by atoms with E-state index in [0.29, 0.717) is 35.9 Å². The minimum Gasteiger partial charge on any atom is -0.375 e. The monoisotopic (exact) mass is 368 g/mol. The lowest BCUT2D eigenvalue weighted by molar-refractivity contribution is -0.120. The Morgan fingerprint density at radius 3 is 2.76 bits per heavy atom. The number of carbonyl (C=O) groups is 3. The molecule has 0 aliphatic carbocycles. The maximum Gasteiger partial charge on any atom is 0.321 e. The first-order valence-electron chi connectivity index (χ1n) is 7.80. The van der Waals surface area contributed by atoms with Gasteiger partial charge in [-0.05, 0) is 24.6 Å². The lowest BCUT2D eigenvalue weighted by atomic mass is 10.2. The third-order valence-corrected chi connectivity index (χ3v) is 3.98. The number of nitrogens with zero attached hydrogens (tertiary/aromatic N) is 1. The predicted octanol–water partition coefficient (Wildman–Crippen LogP) is 1.67. The minimum atomic E-state index is -0.310. The van der Waals surface area contributed by atoms with Gasteiger partial charge in [0.25, 0.3) is 0 Å². The number of rotatable bonds is 5. The average molecular weight is 369 g/mol. The van der Waals surface area contributed by atoms with Gasteiger partial charge in [-0.1, -0.05) is 11.6 Å². The number of methoxy groups -OCH3 is 1. The number of ether oxygens (including phenoxy) is 1. The summed E-state index contributed by atoms with van der Waals surface area (Å²) in [5.74, 6) is -0.422. The molecule has 1 aliphatic heterocycles. The first-order chi connectivity index (χ1) is 11.9. The number of benzene rings is 1. The number of carbonyl (C=O) groups excluding carboxylic acids is 3. The van der Waals surface area contributed by atoms with Crippen LogP contribution in [0.1, 0.15) is 13.3 Å². The van der Waals surface area contributed by atoms with Crippen LogP contribution in [0.3, 0.4) is 0 Å². The van der Waals surface area contributed by atoms with Gasteiger partial charge >= 0.3 is 6.03 Å². The Balaban J connectivity index is 1.98. The van der Waals surface area contributed by atoms with Crippen molar-refractivity contribution in [3.63, 3.8) is 0 Å². The molecule has 4 amide bonds. The number of anilines is 2. The molecule has 25 heavy (non-hydrogen) atoms. The van der Waals surface area contributed by atoms with E-state index in [-0.39, 0.29) is 30.5 Å². The van der Waals surface area contributed by atoms with Crippen molar-refractivity contribution < 1.29 is 19.1 Å². The zero-order valence-corrected chi connectivity index (χ0v) is 14.9. The van der Waals surface area contributed by atoms with Gasteiger partial charge in [0.1, 0.15) is 6.61 Å². The predicted molar refractivity (Wildman–Crippen MR) is 94.8 cm³/mol. The Bertz CT molecular complexity index is 668. The van der Waals surface area contributed by atoms with Crippen LogP contribution in [0.25, 0.3) is 0 Å². The van der Waals surface area contributed by atoms with Crippen LogP contribution in [0.4, 0.5) is 16.2 Å². The molecule has 136 valence electrons. The summed E-state index contributed by atoms with van der Waals surface area (Å²) in [6.07, 6.45) is 0.702. The van der Waals surface area contributed by atoms with Crippen molar-refractivity contribution >= 4 is 40.8 Å². The van der Waals surface area contributed by atoms with Crippen molar-refractivity contribution in [2.75, 3.05) is 37.4 Å². The molecule has 3 N–H and O–H groups in total. The summed E-state index contributed by atoms with van der Waals surface area (Å²) >= 11 is 6.11. The van der Waals surface area contributed by atoms with Crippen LogP contribution in [0.15, 0.2) is 18.2 Å². The third-order valence-electron chi connectivity index (χ3n) is 3.65. The molecular formula is C16H21ClN4O4. The summed E-state index contributed by atoms with van der Waals surface area (Å²) in [6.45, 7) is 2.36. The van der Waals surface area contributed by atoms with E-state index in [9.17, 15) is 14.4 Å². The van der Waals surface area contributed by atoms with Crippen LogP contribution in [0.2, 0.25) is 5.02 Å². The highest BCUT2D eigenvalue weighted by Crippen LogP contribution is 2.26. The Morgan fingerprint density at radius 2 is 2.08 bits per heavy atom. The zero-order chi connectivity index (χ0) is 18.4. The Kier molecular flexibility index (Phi) is 6.60. The number of hydrogen-bond donors (Lipinski definition) is 3. The molecular weight excluding hydrogens is 348 g/mol. The molecule has 1 heterocycles. The molecule has 8 nitrogen and oxygen atoms in total. The summed E-state index contributed by atoms with van der Waals surface area (Å²) in [6, 6.07) is 4.45. The van der Waals surface area contributed by atoms with Crippen LogP contribution >= 0.6 is 11.6 Å². The van der Waals surface area contributed by atoms with Crippen molar-refractivity contribution in [1.29, 1.82) is 0 Å². The van der Waals surface area contributed by atoms with Crippen molar-refractivity contribution in [3.8, 4) is 0 Å². The van der Waals surface area contributed by atoms with E-state index in [1.165, 1.54) is 14.0 Å². The molecule has 2 rings (SSSR count). The maximum atomic E-state index is 12.4. The van der Waals surface area contributed by atoms with Crippen molar-refractivity contribution in [1.82, 2.24) is 10.2 Å². The molecule has 1 atom stereocenters. The van der Waals surface area contributed by atoms with Gasteiger partial charge in [0.2, 0.25) is 11.8 Å². The normalized spacial score (nSPS) is 16.4. The van der Waals surface area contributed by atoms with Gasteiger partial charge in [-0.2, -0.15) is 0 Å². The van der Waals surface area contributed by atoms with Crippen LogP contribution in [0.5, 0.6) is 0 Å². The van der Waals surface area contributed by atoms with E-state index in [2.05, 4.69) is 16.0 Å². The molecule has 1 fully saturated rings. The van der Waals surface area contributed by atoms with Crippen molar-refractivity contribution in [2.45, 2.75) is 19.4 Å². The number of urea groups is 1. The number of likely N-dealkylation sites (tertiary alicyclic amines) is 1. The summed E-state index contributed by atoms with van der Waals surface area (Å²) < 4.78 is 4.75. The second kappa shape index (κ2) is 8.68. The Morgan fingerprint density at radius 1 is 1.32 bits per heavy atom. The molecule has 1 saturated heterocycles. The van der Waals surface area contributed by atoms with E-state index in [1.807, 2.05) is 0 Å². The summed E-state index contributed by atoms with van der Waals surface area (Å²) in [7, 11) is 1.43. The second-order valence-corrected chi connectivity index (χ2v) is 6.15. The maximum absolute atomic E-state index is 12.4. The van der Waals surface area contributed by atoms with Gasteiger partial charge in [-0.3, -0.25) is 9.59 Å². The fourth-order valence-electron chi connectivity index (χ4n) is 2.57. The highest BCUT2D eigenvalue weighted by molar-refractivity contribution is 6.33. The molecule has 0 saturated carbocycles. The van der Waals surface area contributed by atoms with Crippen LogP contribution < -0.4 is 16.0 Å². The number of halogens is 1. The van der Waals surface area contributed by atoms with Gasteiger partial charge in [0.15, 0.2) is 0 Å². The summed E-state index contributed by atoms with van der Waals surface area (Å²) in [4.78, 5) is 36.6. The largest absolute Gasteiger partial charge is 0.375 e. The smallest absolute Gasteiger partial charge is 0.321 e. The van der Waals surface area contributed by atoms with Gasteiger partial charge in [0.05, 0.1) is 10.7 Å².